The number of nitrogens with two attached hydrogens (primary N) is 1. The van der Waals surface area contributed by atoms with Gasteiger partial charge in [0, 0.05) is 24.6 Å². The Morgan fingerprint density at radius 1 is 1.53 bits per heavy atom. The lowest BCUT2D eigenvalue weighted by atomic mass is 10.0. The van der Waals surface area contributed by atoms with Gasteiger partial charge in [-0.2, -0.15) is 0 Å². The first-order valence-electron chi connectivity index (χ1n) is 6.35. The smallest absolute Gasteiger partial charge is 0.0594 e. The lowest BCUT2D eigenvalue weighted by molar-refractivity contribution is 0.116. The van der Waals surface area contributed by atoms with Gasteiger partial charge in [0.1, 0.15) is 0 Å². The van der Waals surface area contributed by atoms with Crippen LogP contribution in [0.3, 0.4) is 0 Å². The molecular formula is C13H22N2OS. The van der Waals surface area contributed by atoms with Crippen molar-refractivity contribution in [3.8, 4) is 0 Å². The summed E-state index contributed by atoms with van der Waals surface area (Å²) < 4.78 is 5.21. The summed E-state index contributed by atoms with van der Waals surface area (Å²) in [7, 11) is 1.76. The Balaban J connectivity index is 2.13. The second-order valence-corrected chi connectivity index (χ2v) is 5.63. The molecule has 4 heteroatoms. The van der Waals surface area contributed by atoms with Crippen LogP contribution >= 0.6 is 11.3 Å². The quantitative estimate of drug-likeness (QED) is 0.895. The lowest BCUT2D eigenvalue weighted by Crippen LogP contribution is -2.40. The van der Waals surface area contributed by atoms with E-state index in [9.17, 15) is 0 Å². The van der Waals surface area contributed by atoms with Gasteiger partial charge in [0.2, 0.25) is 0 Å². The molecule has 1 saturated heterocycles. The average molecular weight is 254 g/mol. The highest BCUT2D eigenvalue weighted by Crippen LogP contribution is 2.31. The van der Waals surface area contributed by atoms with Gasteiger partial charge in [0.05, 0.1) is 12.6 Å². The van der Waals surface area contributed by atoms with Gasteiger partial charge < -0.3 is 10.5 Å². The molecule has 96 valence electrons. The van der Waals surface area contributed by atoms with Crippen LogP contribution in [0.25, 0.3) is 0 Å². The molecule has 0 radical (unpaired) electrons. The monoisotopic (exact) mass is 254 g/mol. The summed E-state index contributed by atoms with van der Waals surface area (Å²) in [5, 5.41) is 2.14. The molecule has 0 aromatic carbocycles. The standard InChI is InChI=1S/C13H22N2OS/c1-16-9-8-15-7-3-2-5-11(14)13(15)12-6-4-10-17-12/h4,6,10-11,13H,2-3,5,7-9,14H2,1H3. The fourth-order valence-electron chi connectivity index (χ4n) is 2.57. The molecule has 2 N–H and O–H groups in total. The van der Waals surface area contributed by atoms with E-state index in [0.29, 0.717) is 6.04 Å². The van der Waals surface area contributed by atoms with Crippen molar-refractivity contribution in [2.24, 2.45) is 5.73 Å². The fraction of sp³-hybridized carbons (Fsp3) is 0.692. The van der Waals surface area contributed by atoms with Gasteiger partial charge in [-0.15, -0.1) is 11.3 Å². The molecule has 0 spiro atoms. The largest absolute Gasteiger partial charge is 0.383 e. The van der Waals surface area contributed by atoms with Gasteiger partial charge in [-0.1, -0.05) is 12.5 Å². The van der Waals surface area contributed by atoms with Crippen molar-refractivity contribution in [2.45, 2.75) is 31.3 Å². The van der Waals surface area contributed by atoms with E-state index < -0.39 is 0 Å². The van der Waals surface area contributed by atoms with Crippen molar-refractivity contribution in [1.29, 1.82) is 0 Å². The van der Waals surface area contributed by atoms with E-state index in [1.54, 1.807) is 7.11 Å². The zero-order valence-corrected chi connectivity index (χ0v) is 11.3. The van der Waals surface area contributed by atoms with E-state index in [4.69, 9.17) is 10.5 Å². The highest BCUT2D eigenvalue weighted by Gasteiger charge is 2.29. The number of hydrogen-bond acceptors (Lipinski definition) is 4. The minimum atomic E-state index is 0.257. The molecule has 2 atom stereocenters. The summed E-state index contributed by atoms with van der Waals surface area (Å²) in [5.74, 6) is 0. The van der Waals surface area contributed by atoms with Gasteiger partial charge in [0.25, 0.3) is 0 Å². The molecule has 0 bridgehead atoms. The van der Waals surface area contributed by atoms with Crippen LogP contribution in [0.4, 0.5) is 0 Å². The third-order valence-corrected chi connectivity index (χ3v) is 4.39. The summed E-state index contributed by atoms with van der Waals surface area (Å²) in [6.07, 6.45) is 3.62. The molecule has 2 heterocycles. The van der Waals surface area contributed by atoms with E-state index >= 15 is 0 Å². The molecule has 1 aromatic heterocycles. The Bertz CT molecular complexity index is 315. The van der Waals surface area contributed by atoms with Gasteiger partial charge in [-0.25, -0.2) is 0 Å². The van der Waals surface area contributed by atoms with Gasteiger partial charge in [-0.05, 0) is 30.8 Å². The van der Waals surface area contributed by atoms with E-state index in [1.165, 1.54) is 17.7 Å². The minimum Gasteiger partial charge on any atom is -0.383 e. The predicted octanol–water partition coefficient (Wildman–Crippen LogP) is 2.25. The maximum Gasteiger partial charge on any atom is 0.0594 e. The number of thiophene rings is 1. The molecule has 1 fully saturated rings. The van der Waals surface area contributed by atoms with Crippen molar-refractivity contribution in [2.75, 3.05) is 26.8 Å². The highest BCUT2D eigenvalue weighted by atomic mass is 32.1. The Morgan fingerprint density at radius 3 is 3.12 bits per heavy atom. The van der Waals surface area contributed by atoms with Crippen LogP contribution in [0, 0.1) is 0 Å². The number of methoxy groups -OCH3 is 1. The van der Waals surface area contributed by atoms with Crippen LogP contribution < -0.4 is 5.73 Å². The first-order valence-corrected chi connectivity index (χ1v) is 7.23. The number of ether oxygens (including phenoxy) is 1. The Kier molecular flexibility index (Phi) is 4.98. The van der Waals surface area contributed by atoms with Crippen LogP contribution in [0.2, 0.25) is 0 Å². The molecule has 0 aliphatic carbocycles. The Hall–Kier alpha value is -0.420. The molecule has 1 aliphatic rings. The molecule has 1 aliphatic heterocycles. The third kappa shape index (κ3) is 3.28. The van der Waals surface area contributed by atoms with Crippen molar-refractivity contribution in [3.05, 3.63) is 22.4 Å². The van der Waals surface area contributed by atoms with Crippen LogP contribution in [-0.2, 0) is 4.74 Å². The number of likely N-dealkylation sites (tertiary alicyclic amines) is 1. The van der Waals surface area contributed by atoms with Crippen LogP contribution in [-0.4, -0.2) is 37.7 Å². The Morgan fingerprint density at radius 2 is 2.41 bits per heavy atom. The molecular weight excluding hydrogens is 232 g/mol. The average Bonchev–Trinajstić information content (AvgIpc) is 2.78. The zero-order chi connectivity index (χ0) is 12.1. The summed E-state index contributed by atoms with van der Waals surface area (Å²) in [4.78, 5) is 3.89. The Labute approximate surface area is 108 Å². The first-order chi connectivity index (χ1) is 8.33. The van der Waals surface area contributed by atoms with E-state index in [2.05, 4.69) is 22.4 Å². The summed E-state index contributed by atoms with van der Waals surface area (Å²) in [5.41, 5.74) is 6.36. The third-order valence-electron chi connectivity index (χ3n) is 3.45. The number of nitrogens with zero attached hydrogens (tertiary/aromatic N) is 1. The van der Waals surface area contributed by atoms with Crippen LogP contribution in [0.1, 0.15) is 30.2 Å². The normalized spacial score (nSPS) is 26.9. The molecule has 17 heavy (non-hydrogen) atoms. The second kappa shape index (κ2) is 6.50. The van der Waals surface area contributed by atoms with Crippen molar-refractivity contribution in [3.63, 3.8) is 0 Å². The topological polar surface area (TPSA) is 38.5 Å². The lowest BCUT2D eigenvalue weighted by Gasteiger charge is -2.32. The summed E-state index contributed by atoms with van der Waals surface area (Å²) >= 11 is 1.82. The predicted molar refractivity (Wildman–Crippen MR) is 72.3 cm³/mol. The molecule has 2 unspecified atom stereocenters. The van der Waals surface area contributed by atoms with E-state index in [-0.39, 0.29) is 6.04 Å². The second-order valence-electron chi connectivity index (χ2n) is 4.65. The van der Waals surface area contributed by atoms with Gasteiger partial charge in [-0.3, -0.25) is 4.90 Å². The SMILES string of the molecule is COCCN1CCCCC(N)C1c1cccs1. The van der Waals surface area contributed by atoms with Gasteiger partial charge in [0.15, 0.2) is 0 Å². The van der Waals surface area contributed by atoms with Crippen molar-refractivity contribution >= 4 is 11.3 Å². The molecule has 0 saturated carbocycles. The molecule has 1 aromatic rings. The maximum atomic E-state index is 6.36. The molecule has 0 amide bonds. The van der Waals surface area contributed by atoms with Crippen LogP contribution in [0.15, 0.2) is 17.5 Å². The maximum absolute atomic E-state index is 6.36. The van der Waals surface area contributed by atoms with Crippen LogP contribution in [0.5, 0.6) is 0 Å². The molecule has 3 nitrogen and oxygen atoms in total. The highest BCUT2D eigenvalue weighted by molar-refractivity contribution is 7.10. The number of hydrogen-bond donors (Lipinski definition) is 1. The van der Waals surface area contributed by atoms with E-state index in [0.717, 1.165) is 26.1 Å². The van der Waals surface area contributed by atoms with Gasteiger partial charge >= 0.3 is 0 Å². The van der Waals surface area contributed by atoms with E-state index in [1.807, 2.05) is 11.3 Å². The minimum absolute atomic E-state index is 0.257. The summed E-state index contributed by atoms with van der Waals surface area (Å²) in [6.45, 7) is 2.90. The van der Waals surface area contributed by atoms with Crippen molar-refractivity contribution in [1.82, 2.24) is 4.90 Å². The summed E-state index contributed by atoms with van der Waals surface area (Å²) in [6, 6.07) is 4.97. The molecule has 2 rings (SSSR count). The number of rotatable bonds is 4. The zero-order valence-electron chi connectivity index (χ0n) is 10.5. The first kappa shape index (κ1) is 13.0. The fourth-order valence-corrected chi connectivity index (χ4v) is 3.51. The van der Waals surface area contributed by atoms with Crippen molar-refractivity contribution < 1.29 is 4.74 Å².